The van der Waals surface area contributed by atoms with E-state index in [9.17, 15) is 27.6 Å². The Kier molecular flexibility index (Phi) is 20.7. The number of hydrogen-bond donors (Lipinski definition) is 8. The van der Waals surface area contributed by atoms with Crippen molar-refractivity contribution in [3.8, 4) is 22.5 Å². The van der Waals surface area contributed by atoms with Crippen LogP contribution in [-0.4, -0.2) is 87.1 Å². The maximum absolute atomic E-state index is 13.2. The summed E-state index contributed by atoms with van der Waals surface area (Å²) in [6.45, 7) is 10.5. The molecule has 1 fully saturated rings. The van der Waals surface area contributed by atoms with Crippen LogP contribution in [0.5, 0.6) is 0 Å². The Labute approximate surface area is 504 Å². The molecule has 4 aromatic heterocycles. The van der Waals surface area contributed by atoms with Gasteiger partial charge in [0.1, 0.15) is 0 Å². The fourth-order valence-corrected chi connectivity index (χ4v) is 10.8. The quantitative estimate of drug-likeness (QED) is 0.0355. The van der Waals surface area contributed by atoms with Gasteiger partial charge in [-0.1, -0.05) is 56.1 Å². The predicted octanol–water partition coefficient (Wildman–Crippen LogP) is 14.0. The number of nitrogens with one attached hydrogen (secondary N) is 8. The molecule has 9 aromatic rings. The number of amides is 4. The number of anilines is 7. The molecule has 0 atom stereocenters. The lowest BCUT2D eigenvalue weighted by Gasteiger charge is -2.26. The fourth-order valence-electron chi connectivity index (χ4n) is 8.59. The number of thiazole rings is 1. The molecule has 4 amide bonds. The first-order valence-corrected chi connectivity index (χ1v) is 29.1. The number of benzene rings is 5. The van der Waals surface area contributed by atoms with Crippen LogP contribution in [0.3, 0.4) is 0 Å². The summed E-state index contributed by atoms with van der Waals surface area (Å²) in [5.41, 5.74) is 10.6. The molecular formula is C61H58Br2F3N13O4S. The Morgan fingerprint density at radius 3 is 1.92 bits per heavy atom. The fraction of sp³-hybridized carbons (Fsp3) is 0.197. The first-order chi connectivity index (χ1) is 40.6. The van der Waals surface area contributed by atoms with E-state index in [2.05, 4.69) is 93.9 Å². The Morgan fingerprint density at radius 1 is 0.690 bits per heavy atom. The van der Waals surface area contributed by atoms with Gasteiger partial charge in [0.05, 0.1) is 30.2 Å². The van der Waals surface area contributed by atoms with Crippen molar-refractivity contribution in [2.75, 3.05) is 66.0 Å². The SMILES string of the molecule is Cc1ccc(NC(=O)c2cc(Br)c(CNCCCN3CCOCC3)c(Br)c2)cc1Nc1nc(-c2cccnc2)cs1.Cc1ccc(NC(=O)c2ccc(CNC(=O)Nc3ccc(C(F)(F)F)cc3)cc2)cc1Nc1nc(-c2cccnc2)c[nH]1. The Morgan fingerprint density at radius 2 is 1.30 bits per heavy atom. The number of aromatic nitrogens is 5. The number of ether oxygens (including phenoxy) is 1. The predicted molar refractivity (Wildman–Crippen MR) is 331 cm³/mol. The van der Waals surface area contributed by atoms with E-state index >= 15 is 0 Å². The highest BCUT2D eigenvalue weighted by Gasteiger charge is 2.30. The van der Waals surface area contributed by atoms with Crippen LogP contribution < -0.4 is 37.2 Å². The molecule has 0 radical (unpaired) electrons. The van der Waals surface area contributed by atoms with E-state index in [0.717, 1.165) is 128 Å². The molecule has 0 unspecified atom stereocenters. The first kappa shape index (κ1) is 60.3. The zero-order valence-corrected chi connectivity index (χ0v) is 49.5. The van der Waals surface area contributed by atoms with Crippen molar-refractivity contribution >= 4 is 101 Å². The minimum absolute atomic E-state index is 0.149. The maximum atomic E-state index is 13.2. The van der Waals surface area contributed by atoms with E-state index in [1.807, 2.05) is 86.0 Å². The van der Waals surface area contributed by atoms with Gasteiger partial charge in [-0.15, -0.1) is 11.3 Å². The normalized spacial score (nSPS) is 12.4. The molecule has 8 N–H and O–H groups in total. The molecule has 5 aromatic carbocycles. The van der Waals surface area contributed by atoms with Crippen LogP contribution >= 0.6 is 43.2 Å². The van der Waals surface area contributed by atoms with Crippen LogP contribution in [0.25, 0.3) is 22.5 Å². The number of aromatic amines is 1. The summed E-state index contributed by atoms with van der Waals surface area (Å²) in [5, 5.41) is 24.0. The van der Waals surface area contributed by atoms with E-state index in [1.165, 1.54) is 23.5 Å². The highest BCUT2D eigenvalue weighted by molar-refractivity contribution is 9.11. The number of aryl methyl sites for hydroxylation is 2. The largest absolute Gasteiger partial charge is 0.416 e. The lowest BCUT2D eigenvalue weighted by atomic mass is 10.1. The highest BCUT2D eigenvalue weighted by atomic mass is 79.9. The van der Waals surface area contributed by atoms with Gasteiger partial charge in [0, 0.05) is 122 Å². The van der Waals surface area contributed by atoms with Crippen LogP contribution in [0.1, 0.15) is 55.0 Å². The number of alkyl halides is 3. The lowest BCUT2D eigenvalue weighted by molar-refractivity contribution is -0.137. The minimum atomic E-state index is -4.45. The van der Waals surface area contributed by atoms with Gasteiger partial charge in [0.15, 0.2) is 5.13 Å². The average Bonchev–Trinajstić information content (AvgIpc) is 4.35. The second-order valence-corrected chi connectivity index (χ2v) is 21.9. The van der Waals surface area contributed by atoms with Crippen molar-refractivity contribution in [2.24, 2.45) is 0 Å². The smallest absolute Gasteiger partial charge is 0.379 e. The third-order valence-electron chi connectivity index (χ3n) is 13.3. The molecule has 0 spiro atoms. The second kappa shape index (κ2) is 28.8. The van der Waals surface area contributed by atoms with Crippen LogP contribution in [-0.2, 0) is 24.0 Å². The first-order valence-electron chi connectivity index (χ1n) is 26.6. The lowest BCUT2D eigenvalue weighted by Crippen LogP contribution is -2.37. The number of urea groups is 1. The third kappa shape index (κ3) is 17.1. The van der Waals surface area contributed by atoms with E-state index in [-0.39, 0.29) is 24.0 Å². The van der Waals surface area contributed by atoms with Crippen LogP contribution in [0.4, 0.5) is 57.5 Å². The third-order valence-corrected chi connectivity index (χ3v) is 15.4. The van der Waals surface area contributed by atoms with Gasteiger partial charge in [-0.25, -0.2) is 14.8 Å². The number of carbonyl (C=O) groups excluding carboxylic acids is 3. The molecular weight excluding hydrogens is 1230 g/mol. The number of H-pyrrole nitrogens is 1. The summed E-state index contributed by atoms with van der Waals surface area (Å²) < 4.78 is 45.3. The molecule has 84 heavy (non-hydrogen) atoms. The number of imidazole rings is 1. The average molecular weight is 1290 g/mol. The topological polar surface area (TPSA) is 215 Å². The standard InChI is InChI=1S/C31H26F3N7O2.C30H32Br2N6O2S/c1-19-4-11-25(15-26(19)40-29-36-18-27(41-29)22-3-2-14-35-17-22)38-28(42)21-7-5-20(6-8-21)16-37-30(43)39-24-12-9-23(10-13-24)31(32,33)34;1-20-5-6-23(16-27(20)36-30-37-28(19-41-30)21-4-2-7-33-17-21)35-29(39)22-14-25(31)24(26(32)15-22)18-34-8-3-9-38-10-12-40-13-11-38/h2-15,17-18H,16H2,1H3,(H,38,42)(H2,36,40,41)(H2,37,39,43);2,4-7,14-17,19,34H,3,8-13,18H2,1H3,(H,35,39)(H,36,37). The number of pyridine rings is 2. The molecule has 17 nitrogen and oxygen atoms in total. The second-order valence-electron chi connectivity index (χ2n) is 19.4. The Bertz CT molecular complexity index is 3660. The Hall–Kier alpha value is -8.32. The van der Waals surface area contributed by atoms with E-state index in [0.29, 0.717) is 35.0 Å². The molecule has 5 heterocycles. The Balaban J connectivity index is 0.000000202. The van der Waals surface area contributed by atoms with Gasteiger partial charge in [0.25, 0.3) is 11.8 Å². The summed E-state index contributed by atoms with van der Waals surface area (Å²) >= 11 is 8.86. The van der Waals surface area contributed by atoms with Crippen molar-refractivity contribution in [2.45, 2.75) is 39.5 Å². The van der Waals surface area contributed by atoms with Gasteiger partial charge >= 0.3 is 12.2 Å². The number of halogens is 5. The summed E-state index contributed by atoms with van der Waals surface area (Å²) in [6.07, 6.45) is 5.39. The summed E-state index contributed by atoms with van der Waals surface area (Å²) in [4.78, 5) is 61.3. The molecule has 0 bridgehead atoms. The molecule has 0 aliphatic carbocycles. The highest BCUT2D eigenvalue weighted by Crippen LogP contribution is 2.33. The van der Waals surface area contributed by atoms with Crippen LogP contribution in [0, 0.1) is 13.8 Å². The number of nitrogens with zero attached hydrogens (tertiary/aromatic N) is 5. The zero-order chi connectivity index (χ0) is 59.0. The van der Waals surface area contributed by atoms with Gasteiger partial charge < -0.3 is 46.9 Å². The molecule has 1 aliphatic rings. The number of morpholine rings is 1. The minimum Gasteiger partial charge on any atom is -0.379 e. The molecule has 23 heteroatoms. The number of rotatable bonds is 19. The van der Waals surface area contributed by atoms with E-state index in [4.69, 9.17) is 9.72 Å². The van der Waals surface area contributed by atoms with Gasteiger partial charge in [-0.3, -0.25) is 24.5 Å². The van der Waals surface area contributed by atoms with Crippen molar-refractivity contribution in [1.29, 1.82) is 0 Å². The summed E-state index contributed by atoms with van der Waals surface area (Å²) in [5.74, 6) is 0.0493. The maximum Gasteiger partial charge on any atom is 0.416 e. The van der Waals surface area contributed by atoms with E-state index in [1.54, 1.807) is 61.3 Å². The van der Waals surface area contributed by atoms with E-state index < -0.39 is 17.8 Å². The molecule has 1 aliphatic heterocycles. The number of hydrogen-bond acceptors (Lipinski definition) is 13. The van der Waals surface area contributed by atoms with Crippen LogP contribution in [0.15, 0.2) is 167 Å². The molecule has 432 valence electrons. The summed E-state index contributed by atoms with van der Waals surface area (Å²) in [7, 11) is 0. The summed E-state index contributed by atoms with van der Waals surface area (Å²) in [6, 6.07) is 32.9. The molecule has 10 rings (SSSR count). The van der Waals surface area contributed by atoms with Crippen molar-refractivity contribution in [3.63, 3.8) is 0 Å². The van der Waals surface area contributed by atoms with Crippen molar-refractivity contribution < 1.29 is 32.3 Å². The van der Waals surface area contributed by atoms with Gasteiger partial charge in [-0.05, 0) is 153 Å². The van der Waals surface area contributed by atoms with Crippen molar-refractivity contribution in [3.05, 3.63) is 206 Å². The van der Waals surface area contributed by atoms with Gasteiger partial charge in [-0.2, -0.15) is 13.2 Å². The zero-order valence-electron chi connectivity index (χ0n) is 45.5. The number of carbonyl (C=O) groups is 3. The van der Waals surface area contributed by atoms with Crippen LogP contribution in [0.2, 0.25) is 0 Å². The monoisotopic (exact) mass is 1280 g/mol. The van der Waals surface area contributed by atoms with Crippen molar-refractivity contribution in [1.82, 2.24) is 40.5 Å². The van der Waals surface area contributed by atoms with Gasteiger partial charge in [0.2, 0.25) is 5.95 Å². The molecule has 0 saturated carbocycles. The molecule has 1 saturated heterocycles.